The summed E-state index contributed by atoms with van der Waals surface area (Å²) >= 11 is 0. The predicted octanol–water partition coefficient (Wildman–Crippen LogP) is 3.90. The first-order chi connectivity index (χ1) is 19.2. The third kappa shape index (κ3) is 6.02. The number of nitrogens with one attached hydrogen (secondary N) is 1. The van der Waals surface area contributed by atoms with Gasteiger partial charge in [-0.2, -0.15) is 0 Å². The summed E-state index contributed by atoms with van der Waals surface area (Å²) in [4.78, 5) is 61.6. The van der Waals surface area contributed by atoms with Crippen molar-refractivity contribution in [1.29, 1.82) is 0 Å². The van der Waals surface area contributed by atoms with Gasteiger partial charge in [0.25, 0.3) is 17.5 Å². The number of anilines is 1. The van der Waals surface area contributed by atoms with Crippen LogP contribution in [0.5, 0.6) is 17.2 Å². The fraction of sp³-hybridized carbons (Fsp3) is 0.0714. The average Bonchev–Trinajstić information content (AvgIpc) is 2.95. The predicted molar refractivity (Wildman–Crippen MR) is 143 cm³/mol. The largest absolute Gasteiger partial charge is 0.497 e. The molecular formula is C28H21N3O9. The summed E-state index contributed by atoms with van der Waals surface area (Å²) < 4.78 is 15.7. The van der Waals surface area contributed by atoms with Crippen molar-refractivity contribution in [3.05, 3.63) is 99.6 Å². The molecule has 0 unspecified atom stereocenters. The lowest BCUT2D eigenvalue weighted by Crippen LogP contribution is -2.54. The molecule has 0 aromatic heterocycles. The molecule has 4 amide bonds. The van der Waals surface area contributed by atoms with Gasteiger partial charge < -0.3 is 14.2 Å². The number of carbonyl (C=O) groups is 4. The number of nitro groups is 1. The number of ether oxygens (including phenoxy) is 3. The second kappa shape index (κ2) is 11.7. The van der Waals surface area contributed by atoms with Gasteiger partial charge in [0, 0.05) is 18.2 Å². The van der Waals surface area contributed by atoms with E-state index in [0.717, 1.165) is 11.0 Å². The standard InChI is InChI=1S/C28H21N3O9/c1-38-21-10-8-19(9-11-21)30-27(34)22(26(33)29-28(30)35)15-18-6-12-23(24(16-18)39-2)40-25(32)13-7-17-4-3-5-20(14-17)31(36)37/h3-16H,1-2H3,(H,29,33,35)/b13-7+,22-15+. The van der Waals surface area contributed by atoms with E-state index in [1.807, 2.05) is 0 Å². The summed E-state index contributed by atoms with van der Waals surface area (Å²) in [6.45, 7) is 0. The molecule has 1 saturated heterocycles. The van der Waals surface area contributed by atoms with Gasteiger partial charge in [-0.05, 0) is 59.7 Å². The molecule has 4 rings (SSSR count). The first kappa shape index (κ1) is 27.3. The van der Waals surface area contributed by atoms with Gasteiger partial charge in [0.05, 0.1) is 24.8 Å². The lowest BCUT2D eigenvalue weighted by atomic mass is 10.1. The molecule has 3 aromatic rings. The lowest BCUT2D eigenvalue weighted by molar-refractivity contribution is -0.384. The van der Waals surface area contributed by atoms with Gasteiger partial charge in [-0.1, -0.05) is 18.2 Å². The van der Waals surface area contributed by atoms with Crippen molar-refractivity contribution in [1.82, 2.24) is 5.32 Å². The molecule has 3 aromatic carbocycles. The van der Waals surface area contributed by atoms with E-state index in [-0.39, 0.29) is 28.4 Å². The monoisotopic (exact) mass is 543 g/mol. The van der Waals surface area contributed by atoms with Crippen molar-refractivity contribution in [3.8, 4) is 17.2 Å². The van der Waals surface area contributed by atoms with Crippen molar-refractivity contribution in [2.75, 3.05) is 19.1 Å². The smallest absolute Gasteiger partial charge is 0.336 e. The lowest BCUT2D eigenvalue weighted by Gasteiger charge is -2.26. The molecule has 202 valence electrons. The minimum absolute atomic E-state index is 0.0489. The molecule has 1 aliphatic heterocycles. The Morgan fingerprint density at radius 3 is 2.35 bits per heavy atom. The molecule has 12 nitrogen and oxygen atoms in total. The van der Waals surface area contributed by atoms with Crippen LogP contribution in [-0.4, -0.2) is 43.0 Å². The van der Waals surface area contributed by atoms with Crippen LogP contribution >= 0.6 is 0 Å². The highest BCUT2D eigenvalue weighted by atomic mass is 16.6. The molecule has 0 radical (unpaired) electrons. The Hall–Kier alpha value is -5.78. The number of non-ortho nitro benzene ring substituents is 1. The molecule has 1 N–H and O–H groups in total. The number of rotatable bonds is 8. The van der Waals surface area contributed by atoms with Gasteiger partial charge in [0.2, 0.25) is 0 Å². The summed E-state index contributed by atoms with van der Waals surface area (Å²) in [6.07, 6.45) is 3.74. The van der Waals surface area contributed by atoms with Crippen LogP contribution in [0.2, 0.25) is 0 Å². The summed E-state index contributed by atoms with van der Waals surface area (Å²) in [5, 5.41) is 13.1. The van der Waals surface area contributed by atoms with Crippen LogP contribution in [0, 0.1) is 10.1 Å². The maximum absolute atomic E-state index is 13.1. The number of barbiturate groups is 1. The zero-order valence-electron chi connectivity index (χ0n) is 21.2. The van der Waals surface area contributed by atoms with Gasteiger partial charge >= 0.3 is 12.0 Å². The average molecular weight is 543 g/mol. The number of amides is 4. The normalized spacial score (nSPS) is 14.3. The SMILES string of the molecule is COc1ccc(N2C(=O)NC(=O)/C(=C\c3ccc(OC(=O)/C=C/c4cccc([N+](=O)[O-])c4)c(OC)c3)C2=O)cc1. The van der Waals surface area contributed by atoms with E-state index in [1.165, 1.54) is 74.9 Å². The first-order valence-corrected chi connectivity index (χ1v) is 11.6. The number of imide groups is 2. The number of hydrogen-bond acceptors (Lipinski definition) is 9. The Kier molecular flexibility index (Phi) is 7.99. The summed E-state index contributed by atoms with van der Waals surface area (Å²) in [5.41, 5.74) is 0.592. The molecule has 40 heavy (non-hydrogen) atoms. The van der Waals surface area contributed by atoms with E-state index < -0.39 is 28.7 Å². The molecule has 1 aliphatic rings. The number of methoxy groups -OCH3 is 2. The Bertz CT molecular complexity index is 1580. The van der Waals surface area contributed by atoms with Crippen LogP contribution < -0.4 is 24.4 Å². The van der Waals surface area contributed by atoms with Gasteiger partial charge in [0.1, 0.15) is 11.3 Å². The molecular weight excluding hydrogens is 522 g/mol. The zero-order valence-corrected chi connectivity index (χ0v) is 21.2. The van der Waals surface area contributed by atoms with E-state index in [4.69, 9.17) is 14.2 Å². The highest BCUT2D eigenvalue weighted by molar-refractivity contribution is 6.39. The fourth-order valence-electron chi connectivity index (χ4n) is 3.70. The molecule has 0 atom stereocenters. The Morgan fingerprint density at radius 1 is 0.925 bits per heavy atom. The highest BCUT2D eigenvalue weighted by Gasteiger charge is 2.36. The van der Waals surface area contributed by atoms with E-state index in [9.17, 15) is 29.3 Å². The molecule has 12 heteroatoms. The first-order valence-electron chi connectivity index (χ1n) is 11.6. The number of nitrogens with zero attached hydrogens (tertiary/aromatic N) is 2. The topological polar surface area (TPSA) is 154 Å². The molecule has 1 heterocycles. The number of esters is 1. The quantitative estimate of drug-likeness (QED) is 0.111. The fourth-order valence-corrected chi connectivity index (χ4v) is 3.70. The van der Waals surface area contributed by atoms with Crippen LogP contribution in [0.1, 0.15) is 11.1 Å². The number of carbonyl (C=O) groups excluding carboxylic acids is 4. The summed E-state index contributed by atoms with van der Waals surface area (Å²) in [6, 6.07) is 15.3. The number of hydrogen-bond donors (Lipinski definition) is 1. The molecule has 0 bridgehead atoms. The van der Waals surface area contributed by atoms with Crippen molar-refractivity contribution in [2.45, 2.75) is 0 Å². The Morgan fingerprint density at radius 2 is 1.68 bits per heavy atom. The van der Waals surface area contributed by atoms with Crippen molar-refractivity contribution in [3.63, 3.8) is 0 Å². The molecule has 0 aliphatic carbocycles. The van der Waals surface area contributed by atoms with Crippen LogP contribution in [0.3, 0.4) is 0 Å². The second-order valence-corrected chi connectivity index (χ2v) is 8.17. The third-order valence-corrected chi connectivity index (χ3v) is 5.63. The van der Waals surface area contributed by atoms with E-state index in [0.29, 0.717) is 16.9 Å². The van der Waals surface area contributed by atoms with Gasteiger partial charge in [0.15, 0.2) is 11.5 Å². The molecule has 0 spiro atoms. The van der Waals surface area contributed by atoms with Gasteiger partial charge in [-0.3, -0.25) is 25.0 Å². The Labute approximate surface area is 227 Å². The van der Waals surface area contributed by atoms with Crippen LogP contribution in [0.4, 0.5) is 16.2 Å². The minimum atomic E-state index is -0.893. The minimum Gasteiger partial charge on any atom is -0.497 e. The van der Waals surface area contributed by atoms with E-state index in [2.05, 4.69) is 5.32 Å². The van der Waals surface area contributed by atoms with Gasteiger partial charge in [-0.25, -0.2) is 14.5 Å². The number of nitro benzene ring substituents is 1. The van der Waals surface area contributed by atoms with Crippen molar-refractivity contribution < 1.29 is 38.3 Å². The maximum Gasteiger partial charge on any atom is 0.336 e. The highest BCUT2D eigenvalue weighted by Crippen LogP contribution is 2.30. The molecule has 1 fully saturated rings. The number of benzene rings is 3. The number of urea groups is 1. The van der Waals surface area contributed by atoms with Crippen molar-refractivity contribution >= 4 is 47.3 Å². The van der Waals surface area contributed by atoms with E-state index in [1.54, 1.807) is 18.2 Å². The zero-order chi connectivity index (χ0) is 28.8. The second-order valence-electron chi connectivity index (χ2n) is 8.17. The van der Waals surface area contributed by atoms with Gasteiger partial charge in [-0.15, -0.1) is 0 Å². The van der Waals surface area contributed by atoms with Crippen LogP contribution in [0.25, 0.3) is 12.2 Å². The van der Waals surface area contributed by atoms with Crippen LogP contribution in [0.15, 0.2) is 78.4 Å². The summed E-state index contributed by atoms with van der Waals surface area (Å²) in [5.74, 6) is -1.79. The molecule has 0 saturated carbocycles. The summed E-state index contributed by atoms with van der Waals surface area (Å²) in [7, 11) is 2.82. The van der Waals surface area contributed by atoms with Crippen LogP contribution in [-0.2, 0) is 14.4 Å². The van der Waals surface area contributed by atoms with Crippen molar-refractivity contribution in [2.24, 2.45) is 0 Å². The van der Waals surface area contributed by atoms with E-state index >= 15 is 0 Å². The third-order valence-electron chi connectivity index (χ3n) is 5.63. The Balaban J connectivity index is 1.54. The maximum atomic E-state index is 13.1.